The number of aryl methyl sites for hydroxylation is 1. The molecule has 1 atom stereocenters. The maximum absolute atomic E-state index is 12.8. The van der Waals surface area contributed by atoms with E-state index >= 15 is 0 Å². The highest BCUT2D eigenvalue weighted by atomic mass is 16.7. The first kappa shape index (κ1) is 23.0. The lowest BCUT2D eigenvalue weighted by Crippen LogP contribution is -2.35. The van der Waals surface area contributed by atoms with Crippen LogP contribution in [0.4, 0.5) is 5.69 Å². The number of nitrogens with one attached hydrogen (secondary N) is 1. The minimum Gasteiger partial charge on any atom is -0.492 e. The Balaban J connectivity index is 1.33. The lowest BCUT2D eigenvalue weighted by atomic mass is 9.90. The minimum absolute atomic E-state index is 0.163. The fourth-order valence-electron chi connectivity index (χ4n) is 4.99. The summed E-state index contributed by atoms with van der Waals surface area (Å²) in [4.78, 5) is 15.0. The fraction of sp³-hybridized carbons (Fsp3) is 0.259. The standard InChI is InChI=1S/C27H26N6O4/c1-16-5-4-6-19(13-16)28-27(34)17-7-9-20(10-8-17)33-26(29-30-31-33)23-22-18(11-12-32(23)2)14-21-24(25(22)35-3)37-15-36-21/h4-10,13-14,23H,11-12,15H2,1-3H3,(H,28,34)/t23-/m0/s1. The molecule has 0 saturated carbocycles. The Labute approximate surface area is 213 Å². The molecule has 0 bridgehead atoms. The molecule has 3 heterocycles. The van der Waals surface area contributed by atoms with Crippen LogP contribution in [0.25, 0.3) is 5.69 Å². The van der Waals surface area contributed by atoms with E-state index < -0.39 is 0 Å². The zero-order valence-corrected chi connectivity index (χ0v) is 20.8. The highest BCUT2D eigenvalue weighted by Crippen LogP contribution is 2.50. The van der Waals surface area contributed by atoms with Gasteiger partial charge in [-0.15, -0.1) is 5.10 Å². The number of rotatable bonds is 5. The van der Waals surface area contributed by atoms with Gasteiger partial charge in [-0.2, -0.15) is 4.68 Å². The van der Waals surface area contributed by atoms with Crippen molar-refractivity contribution in [2.45, 2.75) is 19.4 Å². The van der Waals surface area contributed by atoms with Crippen molar-refractivity contribution in [3.8, 4) is 22.9 Å². The topological polar surface area (TPSA) is 104 Å². The van der Waals surface area contributed by atoms with Crippen molar-refractivity contribution in [2.24, 2.45) is 0 Å². The van der Waals surface area contributed by atoms with E-state index in [0.29, 0.717) is 28.6 Å². The molecule has 37 heavy (non-hydrogen) atoms. The first-order valence-corrected chi connectivity index (χ1v) is 12.0. The molecule has 6 rings (SSSR count). The molecule has 2 aliphatic heterocycles. The summed E-state index contributed by atoms with van der Waals surface area (Å²) in [5, 5.41) is 15.6. The molecule has 10 heteroatoms. The summed E-state index contributed by atoms with van der Waals surface area (Å²) in [5.74, 6) is 2.38. The average molecular weight is 499 g/mol. The number of hydrogen-bond acceptors (Lipinski definition) is 8. The number of amides is 1. The fourth-order valence-corrected chi connectivity index (χ4v) is 4.99. The van der Waals surface area contributed by atoms with Crippen LogP contribution in [0.1, 0.15) is 38.9 Å². The predicted octanol–water partition coefficient (Wildman–Crippen LogP) is 3.54. The third-order valence-electron chi connectivity index (χ3n) is 6.78. The number of benzene rings is 3. The first-order chi connectivity index (χ1) is 18.0. The molecule has 1 aromatic heterocycles. The van der Waals surface area contributed by atoms with E-state index in [4.69, 9.17) is 14.2 Å². The number of carbonyl (C=O) groups is 1. The molecular formula is C27H26N6O4. The van der Waals surface area contributed by atoms with Crippen LogP contribution in [0, 0.1) is 6.92 Å². The largest absolute Gasteiger partial charge is 0.492 e. The van der Waals surface area contributed by atoms with Gasteiger partial charge in [-0.3, -0.25) is 9.69 Å². The molecule has 0 radical (unpaired) electrons. The predicted molar refractivity (Wildman–Crippen MR) is 136 cm³/mol. The van der Waals surface area contributed by atoms with Crippen molar-refractivity contribution in [1.29, 1.82) is 0 Å². The Morgan fingerprint density at radius 1 is 1.14 bits per heavy atom. The summed E-state index contributed by atoms with van der Waals surface area (Å²) in [6.45, 7) is 2.96. The van der Waals surface area contributed by atoms with Crippen molar-refractivity contribution in [3.63, 3.8) is 0 Å². The number of likely N-dealkylation sites (N-methyl/N-ethyl adjacent to an activating group) is 1. The van der Waals surface area contributed by atoms with Gasteiger partial charge in [0.05, 0.1) is 12.8 Å². The number of tetrazole rings is 1. The Morgan fingerprint density at radius 2 is 1.97 bits per heavy atom. The monoisotopic (exact) mass is 498 g/mol. The van der Waals surface area contributed by atoms with Crippen LogP contribution in [0.5, 0.6) is 17.2 Å². The van der Waals surface area contributed by atoms with Gasteiger partial charge in [0.1, 0.15) is 6.04 Å². The van der Waals surface area contributed by atoms with Gasteiger partial charge in [0, 0.05) is 23.4 Å². The molecule has 1 amide bonds. The molecule has 2 aliphatic rings. The zero-order valence-electron chi connectivity index (χ0n) is 20.8. The normalized spacial score (nSPS) is 16.4. The van der Waals surface area contributed by atoms with Crippen molar-refractivity contribution in [1.82, 2.24) is 25.1 Å². The van der Waals surface area contributed by atoms with E-state index in [1.807, 2.05) is 56.4 Å². The number of fused-ring (bicyclic) bond motifs is 2. The summed E-state index contributed by atoms with van der Waals surface area (Å²) in [6.07, 6.45) is 0.835. The Morgan fingerprint density at radius 3 is 2.76 bits per heavy atom. The van der Waals surface area contributed by atoms with Gasteiger partial charge in [-0.1, -0.05) is 12.1 Å². The van der Waals surface area contributed by atoms with Crippen molar-refractivity contribution < 1.29 is 19.0 Å². The van der Waals surface area contributed by atoms with Crippen LogP contribution in [-0.4, -0.2) is 58.5 Å². The SMILES string of the molecule is COc1c2c(cc3c1[C@@H](c1nnnn1-c1ccc(C(=O)Nc4cccc(C)c4)cc1)N(C)CC3)OCO2. The summed E-state index contributed by atoms with van der Waals surface area (Å²) in [6, 6.07) is 16.7. The average Bonchev–Trinajstić information content (AvgIpc) is 3.57. The van der Waals surface area contributed by atoms with Gasteiger partial charge >= 0.3 is 0 Å². The number of carbonyl (C=O) groups excluding carboxylic acids is 1. The van der Waals surface area contributed by atoms with E-state index in [1.54, 1.807) is 23.9 Å². The maximum Gasteiger partial charge on any atom is 0.255 e. The molecule has 0 spiro atoms. The molecule has 10 nitrogen and oxygen atoms in total. The second-order valence-electron chi connectivity index (χ2n) is 9.17. The van der Waals surface area contributed by atoms with Crippen molar-refractivity contribution in [2.75, 3.05) is 32.8 Å². The van der Waals surface area contributed by atoms with Crippen LogP contribution >= 0.6 is 0 Å². The lowest BCUT2D eigenvalue weighted by molar-refractivity contribution is 0.102. The second kappa shape index (κ2) is 9.21. The molecule has 3 aromatic carbocycles. The van der Waals surface area contributed by atoms with Gasteiger partial charge in [0.2, 0.25) is 12.5 Å². The number of hydrogen-bond donors (Lipinski definition) is 1. The van der Waals surface area contributed by atoms with Crippen LogP contribution in [-0.2, 0) is 6.42 Å². The molecule has 4 aromatic rings. The van der Waals surface area contributed by atoms with E-state index in [9.17, 15) is 4.79 Å². The molecule has 0 fully saturated rings. The van der Waals surface area contributed by atoms with Crippen LogP contribution < -0.4 is 19.5 Å². The smallest absolute Gasteiger partial charge is 0.255 e. The Bertz CT molecular complexity index is 1480. The maximum atomic E-state index is 12.8. The summed E-state index contributed by atoms with van der Waals surface area (Å²) < 4.78 is 18.9. The van der Waals surface area contributed by atoms with Crippen LogP contribution in [0.15, 0.2) is 54.6 Å². The zero-order chi connectivity index (χ0) is 25.5. The minimum atomic E-state index is -0.271. The molecule has 0 saturated heterocycles. The summed E-state index contributed by atoms with van der Waals surface area (Å²) in [7, 11) is 3.67. The number of methoxy groups -OCH3 is 1. The van der Waals surface area contributed by atoms with E-state index in [0.717, 1.165) is 41.0 Å². The molecule has 0 aliphatic carbocycles. The van der Waals surface area contributed by atoms with Gasteiger partial charge in [-0.05, 0) is 84.4 Å². The Kier molecular flexibility index (Phi) is 5.72. The third kappa shape index (κ3) is 4.05. The molecule has 1 N–H and O–H groups in total. The molecule has 0 unspecified atom stereocenters. The molecular weight excluding hydrogens is 472 g/mol. The quantitative estimate of drug-likeness (QED) is 0.446. The second-order valence-corrected chi connectivity index (χ2v) is 9.17. The van der Waals surface area contributed by atoms with Gasteiger partial charge in [0.25, 0.3) is 5.91 Å². The summed E-state index contributed by atoms with van der Waals surface area (Å²) >= 11 is 0. The highest BCUT2D eigenvalue weighted by molar-refractivity contribution is 6.04. The Hall–Kier alpha value is -4.44. The van der Waals surface area contributed by atoms with E-state index in [-0.39, 0.29) is 18.7 Å². The number of anilines is 1. The van der Waals surface area contributed by atoms with Crippen molar-refractivity contribution in [3.05, 3.63) is 82.7 Å². The van der Waals surface area contributed by atoms with Crippen LogP contribution in [0.2, 0.25) is 0 Å². The lowest BCUT2D eigenvalue weighted by Gasteiger charge is -2.34. The highest BCUT2D eigenvalue weighted by Gasteiger charge is 2.37. The van der Waals surface area contributed by atoms with Crippen LogP contribution in [0.3, 0.4) is 0 Å². The summed E-state index contributed by atoms with van der Waals surface area (Å²) in [5.41, 5.74) is 5.19. The van der Waals surface area contributed by atoms with E-state index in [2.05, 4.69) is 25.7 Å². The number of aromatic nitrogens is 4. The number of nitrogens with zero attached hydrogens (tertiary/aromatic N) is 5. The van der Waals surface area contributed by atoms with Gasteiger partial charge in [0.15, 0.2) is 17.3 Å². The van der Waals surface area contributed by atoms with Gasteiger partial charge < -0.3 is 19.5 Å². The molecule has 188 valence electrons. The third-order valence-corrected chi connectivity index (χ3v) is 6.78. The first-order valence-electron chi connectivity index (χ1n) is 12.0. The van der Waals surface area contributed by atoms with E-state index in [1.165, 1.54) is 0 Å². The van der Waals surface area contributed by atoms with Crippen molar-refractivity contribution >= 4 is 11.6 Å². The number of ether oxygens (including phenoxy) is 3. The van der Waals surface area contributed by atoms with Gasteiger partial charge in [-0.25, -0.2) is 0 Å².